The van der Waals surface area contributed by atoms with Crippen molar-refractivity contribution >= 4 is 5.91 Å². The predicted octanol–water partition coefficient (Wildman–Crippen LogP) is 1.31. The summed E-state index contributed by atoms with van der Waals surface area (Å²) < 4.78 is 0. The Morgan fingerprint density at radius 1 is 1.75 bits per heavy atom. The largest absolute Gasteiger partial charge is 0.352 e. The fraction of sp³-hybridized carbons (Fsp3) is 0.700. The number of terminal acetylenes is 1. The molecule has 1 unspecified atom stereocenters. The van der Waals surface area contributed by atoms with Crippen LogP contribution < -0.4 is 5.32 Å². The molecular weight excluding hydrogens is 150 g/mol. The molecule has 0 aromatic carbocycles. The second-order valence-electron chi connectivity index (χ2n) is 3.45. The first-order valence-electron chi connectivity index (χ1n) is 4.48. The highest BCUT2D eigenvalue weighted by molar-refractivity contribution is 5.79. The molecule has 1 fully saturated rings. The highest BCUT2D eigenvalue weighted by atomic mass is 16.1. The fourth-order valence-electron chi connectivity index (χ4n) is 1.26. The van der Waals surface area contributed by atoms with E-state index in [1.54, 1.807) is 0 Å². The van der Waals surface area contributed by atoms with Gasteiger partial charge >= 0.3 is 0 Å². The van der Waals surface area contributed by atoms with Crippen molar-refractivity contribution in [2.75, 3.05) is 0 Å². The lowest BCUT2D eigenvalue weighted by molar-refractivity contribution is -0.127. The van der Waals surface area contributed by atoms with Gasteiger partial charge in [0.2, 0.25) is 5.91 Å². The maximum atomic E-state index is 11.3. The van der Waals surface area contributed by atoms with Gasteiger partial charge in [-0.1, -0.05) is 6.42 Å². The second-order valence-corrected chi connectivity index (χ2v) is 3.45. The third-order valence-electron chi connectivity index (χ3n) is 2.29. The summed E-state index contributed by atoms with van der Waals surface area (Å²) in [5, 5.41) is 2.90. The van der Waals surface area contributed by atoms with E-state index in [4.69, 9.17) is 6.42 Å². The molecule has 1 atom stereocenters. The Bertz CT molecular complexity index is 200. The van der Waals surface area contributed by atoms with Crippen LogP contribution in [0.5, 0.6) is 0 Å². The fourth-order valence-corrected chi connectivity index (χ4v) is 1.26. The molecule has 12 heavy (non-hydrogen) atoms. The van der Waals surface area contributed by atoms with Crippen LogP contribution in [0.3, 0.4) is 0 Å². The monoisotopic (exact) mass is 165 g/mol. The van der Waals surface area contributed by atoms with Gasteiger partial charge in [-0.25, -0.2) is 0 Å². The predicted molar refractivity (Wildman–Crippen MR) is 48.4 cm³/mol. The van der Waals surface area contributed by atoms with Crippen LogP contribution in [-0.4, -0.2) is 11.9 Å². The zero-order valence-electron chi connectivity index (χ0n) is 7.47. The van der Waals surface area contributed by atoms with Gasteiger partial charge in [-0.15, -0.1) is 12.3 Å². The van der Waals surface area contributed by atoms with Crippen LogP contribution in [0, 0.1) is 18.3 Å². The lowest BCUT2D eigenvalue weighted by Gasteiger charge is -2.25. The minimum Gasteiger partial charge on any atom is -0.352 e. The lowest BCUT2D eigenvalue weighted by Crippen LogP contribution is -2.39. The van der Waals surface area contributed by atoms with Gasteiger partial charge in [0.15, 0.2) is 0 Å². The summed E-state index contributed by atoms with van der Waals surface area (Å²) in [4.78, 5) is 11.3. The normalized spacial score (nSPS) is 19.0. The van der Waals surface area contributed by atoms with Crippen molar-refractivity contribution in [3.63, 3.8) is 0 Å². The quantitative estimate of drug-likeness (QED) is 0.628. The number of nitrogens with one attached hydrogen (secondary N) is 1. The molecular formula is C10H15NO. The first-order chi connectivity index (χ1) is 5.74. The third kappa shape index (κ3) is 2.27. The standard InChI is InChI=1S/C10H15NO/c1-3-5-8(2)11-10(12)9-6-4-7-9/h1,8-9H,4-7H2,2H3,(H,11,12). The van der Waals surface area contributed by atoms with Crippen LogP contribution in [0.2, 0.25) is 0 Å². The number of carbonyl (C=O) groups excluding carboxylic acids is 1. The molecule has 0 heterocycles. The average Bonchev–Trinajstić information content (AvgIpc) is 1.82. The van der Waals surface area contributed by atoms with E-state index in [1.807, 2.05) is 6.92 Å². The van der Waals surface area contributed by atoms with Crippen molar-refractivity contribution in [2.24, 2.45) is 5.92 Å². The van der Waals surface area contributed by atoms with Crippen LogP contribution >= 0.6 is 0 Å². The van der Waals surface area contributed by atoms with E-state index in [-0.39, 0.29) is 17.9 Å². The summed E-state index contributed by atoms with van der Waals surface area (Å²) in [5.74, 6) is 2.99. The van der Waals surface area contributed by atoms with Crippen molar-refractivity contribution in [3.05, 3.63) is 0 Å². The number of rotatable bonds is 3. The second kappa shape index (κ2) is 4.15. The lowest BCUT2D eigenvalue weighted by atomic mass is 9.84. The molecule has 0 aromatic rings. The van der Waals surface area contributed by atoms with Crippen molar-refractivity contribution in [1.29, 1.82) is 0 Å². The van der Waals surface area contributed by atoms with Crippen molar-refractivity contribution in [1.82, 2.24) is 5.32 Å². The Labute approximate surface area is 73.7 Å². The van der Waals surface area contributed by atoms with Gasteiger partial charge in [-0.05, 0) is 19.8 Å². The number of carbonyl (C=O) groups is 1. The van der Waals surface area contributed by atoms with E-state index in [0.717, 1.165) is 12.8 Å². The maximum Gasteiger partial charge on any atom is 0.223 e. The first-order valence-corrected chi connectivity index (χ1v) is 4.48. The first kappa shape index (κ1) is 9.12. The number of hydrogen-bond donors (Lipinski definition) is 1. The zero-order valence-corrected chi connectivity index (χ0v) is 7.47. The Kier molecular flexibility index (Phi) is 3.16. The Morgan fingerprint density at radius 3 is 2.83 bits per heavy atom. The highest BCUT2D eigenvalue weighted by Gasteiger charge is 2.25. The maximum absolute atomic E-state index is 11.3. The molecule has 0 aromatic heterocycles. The summed E-state index contributed by atoms with van der Waals surface area (Å²) in [6.07, 6.45) is 9.05. The molecule has 66 valence electrons. The SMILES string of the molecule is C#CCC(C)NC(=O)C1CCC1. The number of hydrogen-bond acceptors (Lipinski definition) is 1. The Hall–Kier alpha value is -0.970. The summed E-state index contributed by atoms with van der Waals surface area (Å²) >= 11 is 0. The highest BCUT2D eigenvalue weighted by Crippen LogP contribution is 2.26. The van der Waals surface area contributed by atoms with Crippen LogP contribution in [0.15, 0.2) is 0 Å². The van der Waals surface area contributed by atoms with Gasteiger partial charge in [0.1, 0.15) is 0 Å². The molecule has 1 amide bonds. The van der Waals surface area contributed by atoms with Gasteiger partial charge in [-0.2, -0.15) is 0 Å². The summed E-state index contributed by atoms with van der Waals surface area (Å²) in [5.41, 5.74) is 0. The Balaban J connectivity index is 2.21. The molecule has 1 aliphatic rings. The summed E-state index contributed by atoms with van der Waals surface area (Å²) in [7, 11) is 0. The molecule has 2 nitrogen and oxygen atoms in total. The molecule has 1 aliphatic carbocycles. The zero-order chi connectivity index (χ0) is 8.97. The van der Waals surface area contributed by atoms with Gasteiger partial charge in [0, 0.05) is 18.4 Å². The van der Waals surface area contributed by atoms with Crippen LogP contribution in [-0.2, 0) is 4.79 Å². The molecule has 0 radical (unpaired) electrons. The Morgan fingerprint density at radius 2 is 2.42 bits per heavy atom. The minimum atomic E-state index is 0.128. The van der Waals surface area contributed by atoms with Gasteiger partial charge in [-0.3, -0.25) is 4.79 Å². The van der Waals surface area contributed by atoms with Gasteiger partial charge < -0.3 is 5.32 Å². The van der Waals surface area contributed by atoms with Crippen molar-refractivity contribution in [2.45, 2.75) is 38.6 Å². The summed E-state index contributed by atoms with van der Waals surface area (Å²) in [6.45, 7) is 1.94. The van der Waals surface area contributed by atoms with Crippen LogP contribution in [0.25, 0.3) is 0 Å². The van der Waals surface area contributed by atoms with E-state index >= 15 is 0 Å². The van der Waals surface area contributed by atoms with Gasteiger partial charge in [0.25, 0.3) is 0 Å². The molecule has 0 aliphatic heterocycles. The topological polar surface area (TPSA) is 29.1 Å². The molecule has 1 N–H and O–H groups in total. The molecule has 0 spiro atoms. The van der Waals surface area contributed by atoms with Crippen LogP contribution in [0.4, 0.5) is 0 Å². The van der Waals surface area contributed by atoms with Gasteiger partial charge in [0.05, 0.1) is 0 Å². The number of amides is 1. The average molecular weight is 165 g/mol. The van der Waals surface area contributed by atoms with E-state index in [0.29, 0.717) is 6.42 Å². The van der Waals surface area contributed by atoms with Crippen molar-refractivity contribution < 1.29 is 4.79 Å². The third-order valence-corrected chi connectivity index (χ3v) is 2.29. The smallest absolute Gasteiger partial charge is 0.223 e. The molecule has 0 saturated heterocycles. The van der Waals surface area contributed by atoms with E-state index in [9.17, 15) is 4.79 Å². The van der Waals surface area contributed by atoms with E-state index in [1.165, 1.54) is 6.42 Å². The van der Waals surface area contributed by atoms with Crippen LogP contribution in [0.1, 0.15) is 32.6 Å². The van der Waals surface area contributed by atoms with E-state index in [2.05, 4.69) is 11.2 Å². The molecule has 1 rings (SSSR count). The molecule has 0 bridgehead atoms. The van der Waals surface area contributed by atoms with Crippen molar-refractivity contribution in [3.8, 4) is 12.3 Å². The van der Waals surface area contributed by atoms with E-state index < -0.39 is 0 Å². The molecule has 2 heteroatoms. The molecule has 1 saturated carbocycles. The minimum absolute atomic E-state index is 0.128. The summed E-state index contributed by atoms with van der Waals surface area (Å²) in [6, 6.07) is 0.128.